The molecular weight excluding hydrogens is 250 g/mol. The summed E-state index contributed by atoms with van der Waals surface area (Å²) in [6, 6.07) is 11.7. The van der Waals surface area contributed by atoms with Crippen LogP contribution in [0.2, 0.25) is 0 Å². The zero-order valence-electron chi connectivity index (χ0n) is 11.0. The summed E-state index contributed by atoms with van der Waals surface area (Å²) >= 11 is 0. The lowest BCUT2D eigenvalue weighted by Gasteiger charge is -2.01. The Balaban J connectivity index is 2.09. The zero-order chi connectivity index (χ0) is 13.9. The van der Waals surface area contributed by atoms with E-state index in [-0.39, 0.29) is 0 Å². The number of aromatic nitrogens is 3. The molecule has 0 amide bonds. The Morgan fingerprint density at radius 1 is 1.15 bits per heavy atom. The molecule has 1 aromatic carbocycles. The van der Waals surface area contributed by atoms with Gasteiger partial charge in [0.05, 0.1) is 11.3 Å². The standard InChI is InChI=1S/C16H13N3O/c1-12-4-6-15(7-5-12)19-10-14(11-20)16(18-19)13-3-2-8-17-9-13/h2-11H,1H3. The molecular formula is C16H13N3O. The van der Waals surface area contributed by atoms with Gasteiger partial charge in [0, 0.05) is 24.2 Å². The van der Waals surface area contributed by atoms with E-state index in [1.165, 1.54) is 5.56 Å². The second kappa shape index (κ2) is 5.09. The Morgan fingerprint density at radius 2 is 1.95 bits per heavy atom. The van der Waals surface area contributed by atoms with Crippen molar-refractivity contribution < 1.29 is 4.79 Å². The number of nitrogens with zero attached hydrogens (tertiary/aromatic N) is 3. The van der Waals surface area contributed by atoms with E-state index in [0.29, 0.717) is 11.3 Å². The summed E-state index contributed by atoms with van der Waals surface area (Å²) in [5.74, 6) is 0. The Hall–Kier alpha value is -2.75. The van der Waals surface area contributed by atoms with Crippen molar-refractivity contribution in [2.45, 2.75) is 6.92 Å². The maximum Gasteiger partial charge on any atom is 0.153 e. The molecule has 0 saturated heterocycles. The van der Waals surface area contributed by atoms with Crippen molar-refractivity contribution >= 4 is 6.29 Å². The molecule has 0 aliphatic rings. The molecule has 0 saturated carbocycles. The summed E-state index contributed by atoms with van der Waals surface area (Å²) in [4.78, 5) is 15.3. The first-order valence-corrected chi connectivity index (χ1v) is 6.30. The first-order chi connectivity index (χ1) is 9.78. The molecule has 0 aliphatic heterocycles. The van der Waals surface area contributed by atoms with E-state index in [0.717, 1.165) is 17.5 Å². The number of rotatable bonds is 3. The van der Waals surface area contributed by atoms with Crippen molar-refractivity contribution in [2.75, 3.05) is 0 Å². The molecule has 0 aliphatic carbocycles. The first-order valence-electron chi connectivity index (χ1n) is 6.30. The molecule has 4 nitrogen and oxygen atoms in total. The highest BCUT2D eigenvalue weighted by Gasteiger charge is 2.11. The van der Waals surface area contributed by atoms with Crippen LogP contribution in [0.15, 0.2) is 55.0 Å². The number of hydrogen-bond donors (Lipinski definition) is 0. The van der Waals surface area contributed by atoms with E-state index in [9.17, 15) is 4.79 Å². The Morgan fingerprint density at radius 3 is 2.60 bits per heavy atom. The maximum absolute atomic E-state index is 11.2. The predicted molar refractivity (Wildman–Crippen MR) is 76.9 cm³/mol. The molecule has 2 heterocycles. The van der Waals surface area contributed by atoms with Crippen molar-refractivity contribution in [3.8, 4) is 16.9 Å². The highest BCUT2D eigenvalue weighted by Crippen LogP contribution is 2.21. The van der Waals surface area contributed by atoms with E-state index in [1.807, 2.05) is 43.3 Å². The highest BCUT2D eigenvalue weighted by atomic mass is 16.1. The van der Waals surface area contributed by atoms with Crippen LogP contribution in [-0.4, -0.2) is 21.1 Å². The molecule has 3 rings (SSSR count). The lowest BCUT2D eigenvalue weighted by atomic mass is 10.1. The molecule has 2 aromatic heterocycles. The minimum atomic E-state index is 0.554. The average molecular weight is 263 g/mol. The SMILES string of the molecule is Cc1ccc(-n2cc(C=O)c(-c3cccnc3)n2)cc1. The lowest BCUT2D eigenvalue weighted by Crippen LogP contribution is -1.94. The number of pyridine rings is 1. The fourth-order valence-electron chi connectivity index (χ4n) is 2.03. The number of benzene rings is 1. The van der Waals surface area contributed by atoms with Crippen LogP contribution in [-0.2, 0) is 0 Å². The van der Waals surface area contributed by atoms with Gasteiger partial charge in [-0.3, -0.25) is 9.78 Å². The second-order valence-electron chi connectivity index (χ2n) is 4.57. The van der Waals surface area contributed by atoms with Gasteiger partial charge in [-0.15, -0.1) is 0 Å². The summed E-state index contributed by atoms with van der Waals surface area (Å²) in [5, 5.41) is 4.50. The summed E-state index contributed by atoms with van der Waals surface area (Å²) in [6.07, 6.45) is 5.95. The van der Waals surface area contributed by atoms with Crippen molar-refractivity contribution in [1.29, 1.82) is 0 Å². The first kappa shape index (κ1) is 12.3. The smallest absolute Gasteiger partial charge is 0.153 e. The van der Waals surface area contributed by atoms with Crippen molar-refractivity contribution in [3.63, 3.8) is 0 Å². The Kier molecular flexibility index (Phi) is 3.13. The average Bonchev–Trinajstić information content (AvgIpc) is 2.93. The predicted octanol–water partition coefficient (Wildman–Crippen LogP) is 3.06. The van der Waals surface area contributed by atoms with Gasteiger partial charge in [0.15, 0.2) is 6.29 Å². The molecule has 98 valence electrons. The van der Waals surface area contributed by atoms with Gasteiger partial charge in [-0.05, 0) is 31.2 Å². The normalized spacial score (nSPS) is 10.4. The molecule has 4 heteroatoms. The van der Waals surface area contributed by atoms with E-state index in [2.05, 4.69) is 10.1 Å². The third-order valence-corrected chi connectivity index (χ3v) is 3.10. The van der Waals surface area contributed by atoms with E-state index in [1.54, 1.807) is 23.3 Å². The summed E-state index contributed by atoms with van der Waals surface area (Å²) in [6.45, 7) is 2.03. The third-order valence-electron chi connectivity index (χ3n) is 3.10. The van der Waals surface area contributed by atoms with E-state index in [4.69, 9.17) is 0 Å². The van der Waals surface area contributed by atoms with Gasteiger partial charge in [0.2, 0.25) is 0 Å². The molecule has 20 heavy (non-hydrogen) atoms. The Labute approximate surface area is 116 Å². The minimum Gasteiger partial charge on any atom is -0.298 e. The van der Waals surface area contributed by atoms with Crippen LogP contribution in [0, 0.1) is 6.92 Å². The van der Waals surface area contributed by atoms with Crippen molar-refractivity contribution in [3.05, 3.63) is 66.1 Å². The summed E-state index contributed by atoms with van der Waals surface area (Å²) in [5.41, 5.74) is 4.14. The fraction of sp³-hybridized carbons (Fsp3) is 0.0625. The lowest BCUT2D eigenvalue weighted by molar-refractivity contribution is 0.112. The third kappa shape index (κ3) is 2.23. The van der Waals surface area contributed by atoms with Gasteiger partial charge in [0.1, 0.15) is 5.69 Å². The van der Waals surface area contributed by atoms with Gasteiger partial charge in [-0.2, -0.15) is 5.10 Å². The topological polar surface area (TPSA) is 47.8 Å². The number of aldehydes is 1. The van der Waals surface area contributed by atoms with Crippen LogP contribution in [0.4, 0.5) is 0 Å². The molecule has 0 radical (unpaired) electrons. The summed E-state index contributed by atoms with van der Waals surface area (Å²) in [7, 11) is 0. The minimum absolute atomic E-state index is 0.554. The summed E-state index contributed by atoms with van der Waals surface area (Å²) < 4.78 is 1.71. The van der Waals surface area contributed by atoms with E-state index < -0.39 is 0 Å². The van der Waals surface area contributed by atoms with Gasteiger partial charge < -0.3 is 0 Å². The van der Waals surface area contributed by atoms with E-state index >= 15 is 0 Å². The van der Waals surface area contributed by atoms with Crippen molar-refractivity contribution in [2.24, 2.45) is 0 Å². The molecule has 3 aromatic rings. The van der Waals surface area contributed by atoms with Crippen LogP contribution >= 0.6 is 0 Å². The van der Waals surface area contributed by atoms with Crippen LogP contribution in [0.3, 0.4) is 0 Å². The van der Waals surface area contributed by atoms with Gasteiger partial charge in [-0.1, -0.05) is 17.7 Å². The Bertz CT molecular complexity index is 730. The van der Waals surface area contributed by atoms with Gasteiger partial charge in [0.25, 0.3) is 0 Å². The second-order valence-corrected chi connectivity index (χ2v) is 4.57. The van der Waals surface area contributed by atoms with Gasteiger partial charge in [-0.25, -0.2) is 4.68 Å². The molecule has 0 N–H and O–H groups in total. The molecule has 0 unspecified atom stereocenters. The van der Waals surface area contributed by atoms with Crippen LogP contribution < -0.4 is 0 Å². The number of carbonyl (C=O) groups is 1. The molecule has 0 spiro atoms. The van der Waals surface area contributed by atoms with Crippen LogP contribution in [0.25, 0.3) is 16.9 Å². The monoisotopic (exact) mass is 263 g/mol. The number of aryl methyl sites for hydroxylation is 1. The number of hydrogen-bond acceptors (Lipinski definition) is 3. The zero-order valence-corrected chi connectivity index (χ0v) is 11.0. The maximum atomic E-state index is 11.2. The van der Waals surface area contributed by atoms with Crippen molar-refractivity contribution in [1.82, 2.24) is 14.8 Å². The number of carbonyl (C=O) groups excluding carboxylic acids is 1. The highest BCUT2D eigenvalue weighted by molar-refractivity contribution is 5.85. The quantitative estimate of drug-likeness (QED) is 0.682. The van der Waals surface area contributed by atoms with Gasteiger partial charge >= 0.3 is 0 Å². The molecule has 0 bridgehead atoms. The van der Waals surface area contributed by atoms with Crippen LogP contribution in [0.5, 0.6) is 0 Å². The molecule has 0 atom stereocenters. The molecule has 0 fully saturated rings. The fourth-order valence-corrected chi connectivity index (χ4v) is 2.03. The van der Waals surface area contributed by atoms with Crippen LogP contribution in [0.1, 0.15) is 15.9 Å². The largest absolute Gasteiger partial charge is 0.298 e.